The van der Waals surface area contributed by atoms with Gasteiger partial charge in [0.25, 0.3) is 0 Å². The second-order valence-corrected chi connectivity index (χ2v) is 6.73. The van der Waals surface area contributed by atoms with Crippen LogP contribution in [0.2, 0.25) is 0 Å². The summed E-state index contributed by atoms with van der Waals surface area (Å²) in [6.45, 7) is 2.25. The molecule has 0 aromatic heterocycles. The highest BCUT2D eigenvalue weighted by Crippen LogP contribution is 2.35. The Balaban J connectivity index is 2.06. The van der Waals surface area contributed by atoms with Crippen molar-refractivity contribution >= 4 is 38.3 Å². The SMILES string of the molecule is CCCCCCCC(Cl)c1ccc(Br)c2ccccc12. The number of benzene rings is 2. The van der Waals surface area contributed by atoms with Crippen molar-refractivity contribution in [3.63, 3.8) is 0 Å². The summed E-state index contributed by atoms with van der Waals surface area (Å²) in [6, 6.07) is 12.8. The topological polar surface area (TPSA) is 0 Å². The number of alkyl halides is 1. The highest BCUT2D eigenvalue weighted by Gasteiger charge is 2.12. The Morgan fingerprint density at radius 2 is 1.65 bits per heavy atom. The van der Waals surface area contributed by atoms with E-state index >= 15 is 0 Å². The molecule has 0 heterocycles. The molecule has 0 radical (unpaired) electrons. The Kier molecular flexibility index (Phi) is 6.38. The van der Waals surface area contributed by atoms with Crippen molar-refractivity contribution in [2.24, 2.45) is 0 Å². The van der Waals surface area contributed by atoms with Crippen LogP contribution in [0.25, 0.3) is 10.8 Å². The molecule has 0 bridgehead atoms. The van der Waals surface area contributed by atoms with E-state index in [4.69, 9.17) is 11.6 Å². The first-order valence-corrected chi connectivity index (χ1v) is 8.78. The fourth-order valence-electron chi connectivity index (χ4n) is 2.64. The third-order valence-corrected chi connectivity index (χ3v) is 4.95. The van der Waals surface area contributed by atoms with E-state index < -0.39 is 0 Å². The zero-order chi connectivity index (χ0) is 14.4. The lowest BCUT2D eigenvalue weighted by Gasteiger charge is -2.14. The second-order valence-electron chi connectivity index (χ2n) is 5.35. The number of halogens is 2. The van der Waals surface area contributed by atoms with Crippen LogP contribution in [0.3, 0.4) is 0 Å². The molecule has 2 aromatic rings. The van der Waals surface area contributed by atoms with Crippen LogP contribution in [0.15, 0.2) is 40.9 Å². The molecule has 20 heavy (non-hydrogen) atoms. The molecule has 2 heteroatoms. The van der Waals surface area contributed by atoms with E-state index in [1.165, 1.54) is 48.4 Å². The molecule has 2 aromatic carbocycles. The molecule has 1 atom stereocenters. The maximum absolute atomic E-state index is 6.64. The summed E-state index contributed by atoms with van der Waals surface area (Å²) in [5.41, 5.74) is 1.26. The predicted molar refractivity (Wildman–Crippen MR) is 93.6 cm³/mol. The lowest BCUT2D eigenvalue weighted by Crippen LogP contribution is -1.93. The second kappa shape index (κ2) is 8.05. The number of hydrogen-bond acceptors (Lipinski definition) is 0. The van der Waals surface area contributed by atoms with Crippen LogP contribution in [0.4, 0.5) is 0 Å². The van der Waals surface area contributed by atoms with Gasteiger partial charge in [-0.2, -0.15) is 0 Å². The summed E-state index contributed by atoms with van der Waals surface area (Å²) >= 11 is 10.3. The minimum atomic E-state index is 0.120. The van der Waals surface area contributed by atoms with Gasteiger partial charge in [0.15, 0.2) is 0 Å². The van der Waals surface area contributed by atoms with Crippen molar-refractivity contribution in [1.82, 2.24) is 0 Å². The van der Waals surface area contributed by atoms with Crippen molar-refractivity contribution in [3.8, 4) is 0 Å². The van der Waals surface area contributed by atoms with Crippen molar-refractivity contribution in [3.05, 3.63) is 46.4 Å². The molecule has 1 unspecified atom stereocenters. The molecule has 0 spiro atoms. The van der Waals surface area contributed by atoms with Crippen molar-refractivity contribution in [2.45, 2.75) is 50.8 Å². The number of hydrogen-bond donors (Lipinski definition) is 0. The van der Waals surface area contributed by atoms with E-state index in [0.717, 1.165) is 10.9 Å². The highest BCUT2D eigenvalue weighted by atomic mass is 79.9. The number of unbranched alkanes of at least 4 members (excludes halogenated alkanes) is 4. The average Bonchev–Trinajstić information content (AvgIpc) is 2.47. The van der Waals surface area contributed by atoms with Gasteiger partial charge >= 0.3 is 0 Å². The van der Waals surface area contributed by atoms with Crippen molar-refractivity contribution in [2.75, 3.05) is 0 Å². The normalized spacial score (nSPS) is 12.8. The molecule has 0 aliphatic heterocycles. The zero-order valence-corrected chi connectivity index (χ0v) is 14.4. The smallest absolute Gasteiger partial charge is 0.0591 e. The molecule has 0 saturated carbocycles. The molecular formula is C18H22BrCl. The minimum Gasteiger partial charge on any atom is -0.118 e. The van der Waals surface area contributed by atoms with E-state index in [-0.39, 0.29) is 5.38 Å². The first-order valence-electron chi connectivity index (χ1n) is 7.55. The molecule has 0 aliphatic carbocycles. The molecule has 0 amide bonds. The molecular weight excluding hydrogens is 332 g/mol. The lowest BCUT2D eigenvalue weighted by molar-refractivity contribution is 0.602. The van der Waals surface area contributed by atoms with E-state index in [2.05, 4.69) is 59.3 Å². The Morgan fingerprint density at radius 1 is 0.950 bits per heavy atom. The van der Waals surface area contributed by atoms with E-state index in [1.54, 1.807) is 0 Å². The lowest BCUT2D eigenvalue weighted by atomic mass is 9.98. The number of fused-ring (bicyclic) bond motifs is 1. The Hall–Kier alpha value is -0.530. The summed E-state index contributed by atoms with van der Waals surface area (Å²) in [5, 5.41) is 2.65. The monoisotopic (exact) mass is 352 g/mol. The first kappa shape index (κ1) is 15.9. The fourth-order valence-corrected chi connectivity index (χ4v) is 3.46. The van der Waals surface area contributed by atoms with Crippen LogP contribution in [0, 0.1) is 0 Å². The van der Waals surface area contributed by atoms with E-state index in [1.807, 2.05) is 0 Å². The van der Waals surface area contributed by atoms with Crippen LogP contribution in [0.5, 0.6) is 0 Å². The van der Waals surface area contributed by atoms with Gasteiger partial charge in [-0.05, 0) is 28.8 Å². The van der Waals surface area contributed by atoms with Gasteiger partial charge in [0.1, 0.15) is 0 Å². The van der Waals surface area contributed by atoms with Crippen molar-refractivity contribution in [1.29, 1.82) is 0 Å². The van der Waals surface area contributed by atoms with Gasteiger partial charge in [-0.1, -0.05) is 85.3 Å². The van der Waals surface area contributed by atoms with E-state index in [0.29, 0.717) is 0 Å². The summed E-state index contributed by atoms with van der Waals surface area (Å²) in [6.07, 6.45) is 7.55. The van der Waals surface area contributed by atoms with Gasteiger partial charge in [0.05, 0.1) is 5.38 Å². The third kappa shape index (κ3) is 3.99. The Morgan fingerprint density at radius 3 is 2.40 bits per heavy atom. The summed E-state index contributed by atoms with van der Waals surface area (Å²) in [5.74, 6) is 0. The molecule has 0 nitrogen and oxygen atoms in total. The third-order valence-electron chi connectivity index (χ3n) is 3.80. The average molecular weight is 354 g/mol. The Labute approximate surface area is 135 Å². The molecule has 2 rings (SSSR count). The maximum Gasteiger partial charge on any atom is 0.0591 e. The van der Waals surface area contributed by atoms with Gasteiger partial charge in [0.2, 0.25) is 0 Å². The highest BCUT2D eigenvalue weighted by molar-refractivity contribution is 9.10. The zero-order valence-electron chi connectivity index (χ0n) is 12.0. The van der Waals surface area contributed by atoms with Gasteiger partial charge in [-0.15, -0.1) is 11.6 Å². The van der Waals surface area contributed by atoms with Crippen LogP contribution in [-0.2, 0) is 0 Å². The summed E-state index contributed by atoms with van der Waals surface area (Å²) < 4.78 is 1.14. The maximum atomic E-state index is 6.64. The van der Waals surface area contributed by atoms with Gasteiger partial charge in [-0.25, -0.2) is 0 Å². The molecule has 0 fully saturated rings. The molecule has 0 aliphatic rings. The standard InChI is InChI=1S/C18H22BrCl/c1-2-3-4-5-6-11-18(20)16-12-13-17(19)15-10-8-7-9-14(15)16/h7-10,12-13,18H,2-6,11H2,1H3. The summed E-state index contributed by atoms with van der Waals surface area (Å²) in [7, 11) is 0. The van der Waals surface area contributed by atoms with Gasteiger partial charge in [0, 0.05) is 4.47 Å². The minimum absolute atomic E-state index is 0.120. The first-order chi connectivity index (χ1) is 9.74. The predicted octanol–water partition coefficient (Wildman–Crippen LogP) is 7.24. The van der Waals surface area contributed by atoms with Crippen molar-refractivity contribution < 1.29 is 0 Å². The van der Waals surface area contributed by atoms with Gasteiger partial charge < -0.3 is 0 Å². The van der Waals surface area contributed by atoms with Gasteiger partial charge in [-0.3, -0.25) is 0 Å². The van der Waals surface area contributed by atoms with Crippen LogP contribution in [0.1, 0.15) is 56.4 Å². The molecule has 0 saturated heterocycles. The molecule has 108 valence electrons. The van der Waals surface area contributed by atoms with E-state index in [9.17, 15) is 0 Å². The largest absolute Gasteiger partial charge is 0.118 e. The van der Waals surface area contributed by atoms with Crippen LogP contribution >= 0.6 is 27.5 Å². The Bertz CT molecular complexity index is 550. The fraction of sp³-hybridized carbons (Fsp3) is 0.444. The molecule has 0 N–H and O–H groups in total. The number of rotatable bonds is 7. The van der Waals surface area contributed by atoms with Crippen LogP contribution in [-0.4, -0.2) is 0 Å². The quantitative estimate of drug-likeness (QED) is 0.363. The summed E-state index contributed by atoms with van der Waals surface area (Å²) in [4.78, 5) is 0. The van der Waals surface area contributed by atoms with Crippen LogP contribution < -0.4 is 0 Å².